The highest BCUT2D eigenvalue weighted by Gasteiger charge is 2.24. The van der Waals surface area contributed by atoms with E-state index in [-0.39, 0.29) is 12.2 Å². The molecule has 0 amide bonds. The molecule has 1 saturated carbocycles. The summed E-state index contributed by atoms with van der Waals surface area (Å²) in [5.41, 5.74) is 7.53. The summed E-state index contributed by atoms with van der Waals surface area (Å²) < 4.78 is 16.2. The fourth-order valence-corrected chi connectivity index (χ4v) is 2.73. The van der Waals surface area contributed by atoms with Crippen LogP contribution in [0.15, 0.2) is 12.1 Å². The van der Waals surface area contributed by atoms with Crippen molar-refractivity contribution in [3.63, 3.8) is 0 Å². The minimum absolute atomic E-state index is 0.109. The van der Waals surface area contributed by atoms with Crippen LogP contribution in [0.1, 0.15) is 41.6 Å². The zero-order valence-electron chi connectivity index (χ0n) is 12.8. The van der Waals surface area contributed by atoms with Gasteiger partial charge >= 0.3 is 5.97 Å². The molecule has 5 heteroatoms. The van der Waals surface area contributed by atoms with Crippen molar-refractivity contribution in [2.45, 2.75) is 44.8 Å². The SMILES string of the molecule is COC(=O)c1cc(OC2CCCC(OC)C2)cc(C)c1N. The first kappa shape index (κ1) is 15.6. The van der Waals surface area contributed by atoms with Crippen molar-refractivity contribution in [1.29, 1.82) is 0 Å². The predicted octanol–water partition coefficient (Wildman–Crippen LogP) is 2.70. The molecule has 0 spiro atoms. The van der Waals surface area contributed by atoms with Crippen LogP contribution in [-0.4, -0.2) is 32.4 Å². The van der Waals surface area contributed by atoms with Gasteiger partial charge in [-0.3, -0.25) is 0 Å². The number of nitrogen functional groups attached to an aromatic ring is 1. The second kappa shape index (κ2) is 6.80. The van der Waals surface area contributed by atoms with Gasteiger partial charge in [-0.05, 0) is 43.9 Å². The van der Waals surface area contributed by atoms with Crippen LogP contribution in [0.2, 0.25) is 0 Å². The summed E-state index contributed by atoms with van der Waals surface area (Å²) in [6.07, 6.45) is 4.38. The second-order valence-corrected chi connectivity index (χ2v) is 5.46. The van der Waals surface area contributed by atoms with Crippen LogP contribution < -0.4 is 10.5 Å². The zero-order chi connectivity index (χ0) is 15.4. The molecule has 2 N–H and O–H groups in total. The third-order valence-corrected chi connectivity index (χ3v) is 3.98. The van der Waals surface area contributed by atoms with E-state index >= 15 is 0 Å². The van der Waals surface area contributed by atoms with Crippen molar-refractivity contribution in [2.24, 2.45) is 0 Å². The zero-order valence-corrected chi connectivity index (χ0v) is 12.8. The van der Waals surface area contributed by atoms with E-state index in [1.165, 1.54) is 7.11 Å². The highest BCUT2D eigenvalue weighted by molar-refractivity contribution is 5.96. The molecule has 0 saturated heterocycles. The number of rotatable bonds is 4. The van der Waals surface area contributed by atoms with E-state index in [0.717, 1.165) is 31.2 Å². The number of carbonyl (C=O) groups excluding carboxylic acids is 1. The lowest BCUT2D eigenvalue weighted by Gasteiger charge is -2.29. The van der Waals surface area contributed by atoms with Crippen molar-refractivity contribution in [1.82, 2.24) is 0 Å². The number of anilines is 1. The fourth-order valence-electron chi connectivity index (χ4n) is 2.73. The average Bonchev–Trinajstić information content (AvgIpc) is 2.50. The number of esters is 1. The molecule has 2 rings (SSSR count). The van der Waals surface area contributed by atoms with Crippen molar-refractivity contribution < 1.29 is 19.0 Å². The Morgan fingerprint density at radius 1 is 1.24 bits per heavy atom. The van der Waals surface area contributed by atoms with Crippen molar-refractivity contribution in [2.75, 3.05) is 20.0 Å². The Morgan fingerprint density at radius 2 is 1.95 bits per heavy atom. The van der Waals surface area contributed by atoms with Gasteiger partial charge in [-0.15, -0.1) is 0 Å². The monoisotopic (exact) mass is 293 g/mol. The largest absolute Gasteiger partial charge is 0.490 e. The molecule has 0 bridgehead atoms. The number of methoxy groups -OCH3 is 2. The fraction of sp³-hybridized carbons (Fsp3) is 0.562. The van der Waals surface area contributed by atoms with E-state index in [0.29, 0.717) is 17.0 Å². The third kappa shape index (κ3) is 3.67. The molecule has 21 heavy (non-hydrogen) atoms. The minimum atomic E-state index is -0.445. The van der Waals surface area contributed by atoms with E-state index in [9.17, 15) is 4.79 Å². The third-order valence-electron chi connectivity index (χ3n) is 3.98. The van der Waals surface area contributed by atoms with Crippen LogP contribution in [0.25, 0.3) is 0 Å². The van der Waals surface area contributed by atoms with Crippen LogP contribution >= 0.6 is 0 Å². The molecule has 5 nitrogen and oxygen atoms in total. The summed E-state index contributed by atoms with van der Waals surface area (Å²) in [6, 6.07) is 3.52. The Balaban J connectivity index is 2.16. The molecule has 1 aromatic carbocycles. The number of hydrogen-bond donors (Lipinski definition) is 1. The summed E-state index contributed by atoms with van der Waals surface area (Å²) in [6.45, 7) is 1.85. The van der Waals surface area contributed by atoms with E-state index in [4.69, 9.17) is 19.9 Å². The van der Waals surface area contributed by atoms with E-state index < -0.39 is 5.97 Å². The highest BCUT2D eigenvalue weighted by Crippen LogP contribution is 2.29. The highest BCUT2D eigenvalue weighted by atomic mass is 16.5. The standard InChI is InChI=1S/C16H23NO4/c1-10-7-13(9-14(15(10)17)16(18)20-3)21-12-6-4-5-11(8-12)19-2/h7,9,11-12H,4-6,8,17H2,1-3H3. The van der Waals surface area contributed by atoms with E-state index in [1.54, 1.807) is 13.2 Å². The van der Waals surface area contributed by atoms with Gasteiger partial charge in [0, 0.05) is 19.2 Å². The van der Waals surface area contributed by atoms with Gasteiger partial charge in [0.25, 0.3) is 0 Å². The maximum Gasteiger partial charge on any atom is 0.340 e. The molecule has 1 aliphatic carbocycles. The van der Waals surface area contributed by atoms with Gasteiger partial charge in [0.15, 0.2) is 0 Å². The molecule has 0 heterocycles. The van der Waals surface area contributed by atoms with Crippen LogP contribution in [0.3, 0.4) is 0 Å². The lowest BCUT2D eigenvalue weighted by atomic mass is 9.95. The topological polar surface area (TPSA) is 70.8 Å². The molecule has 116 valence electrons. The summed E-state index contributed by atoms with van der Waals surface area (Å²) >= 11 is 0. The normalized spacial score (nSPS) is 21.9. The molecule has 1 aromatic rings. The first-order valence-corrected chi connectivity index (χ1v) is 7.23. The predicted molar refractivity (Wildman–Crippen MR) is 80.6 cm³/mol. The molecule has 2 atom stereocenters. The number of carbonyl (C=O) groups is 1. The Hall–Kier alpha value is -1.75. The molecule has 1 fully saturated rings. The Kier molecular flexibility index (Phi) is 5.07. The van der Waals surface area contributed by atoms with Gasteiger partial charge in [0.2, 0.25) is 0 Å². The molecular formula is C16H23NO4. The van der Waals surface area contributed by atoms with Crippen LogP contribution in [0.4, 0.5) is 5.69 Å². The summed E-state index contributed by atoms with van der Waals surface area (Å²) in [5.74, 6) is 0.211. The second-order valence-electron chi connectivity index (χ2n) is 5.46. The quantitative estimate of drug-likeness (QED) is 0.682. The number of ether oxygens (including phenoxy) is 3. The van der Waals surface area contributed by atoms with E-state index in [1.807, 2.05) is 13.0 Å². The minimum Gasteiger partial charge on any atom is -0.490 e. The average molecular weight is 293 g/mol. The van der Waals surface area contributed by atoms with Gasteiger partial charge in [-0.25, -0.2) is 4.79 Å². The Morgan fingerprint density at radius 3 is 2.62 bits per heavy atom. The number of aryl methyl sites for hydroxylation is 1. The van der Waals surface area contributed by atoms with Crippen LogP contribution in [-0.2, 0) is 9.47 Å². The van der Waals surface area contributed by atoms with Gasteiger partial charge < -0.3 is 19.9 Å². The maximum atomic E-state index is 11.8. The molecule has 2 unspecified atom stereocenters. The van der Waals surface area contributed by atoms with Crippen LogP contribution in [0, 0.1) is 6.92 Å². The summed E-state index contributed by atoms with van der Waals surface area (Å²) in [4.78, 5) is 11.8. The Labute approximate surface area is 125 Å². The van der Waals surface area contributed by atoms with E-state index in [2.05, 4.69) is 0 Å². The molecule has 0 radical (unpaired) electrons. The van der Waals surface area contributed by atoms with Gasteiger partial charge in [0.1, 0.15) is 11.9 Å². The summed E-state index contributed by atoms with van der Waals surface area (Å²) in [7, 11) is 3.07. The molecular weight excluding hydrogens is 270 g/mol. The van der Waals surface area contributed by atoms with Gasteiger partial charge in [0.05, 0.1) is 18.8 Å². The summed E-state index contributed by atoms with van der Waals surface area (Å²) in [5, 5.41) is 0. The maximum absolute atomic E-state index is 11.8. The molecule has 0 aliphatic heterocycles. The first-order chi connectivity index (χ1) is 10.0. The number of hydrogen-bond acceptors (Lipinski definition) is 5. The van der Waals surface area contributed by atoms with Crippen molar-refractivity contribution in [3.05, 3.63) is 23.3 Å². The molecule has 0 aromatic heterocycles. The van der Waals surface area contributed by atoms with Crippen molar-refractivity contribution >= 4 is 11.7 Å². The van der Waals surface area contributed by atoms with Crippen molar-refractivity contribution in [3.8, 4) is 5.75 Å². The van der Waals surface area contributed by atoms with Gasteiger partial charge in [-0.2, -0.15) is 0 Å². The Bertz CT molecular complexity index is 515. The number of nitrogens with two attached hydrogens (primary N) is 1. The van der Waals surface area contributed by atoms with Crippen LogP contribution in [0.5, 0.6) is 5.75 Å². The number of benzene rings is 1. The lowest BCUT2D eigenvalue weighted by Crippen LogP contribution is -2.29. The first-order valence-electron chi connectivity index (χ1n) is 7.23. The lowest BCUT2D eigenvalue weighted by molar-refractivity contribution is 0.0208. The smallest absolute Gasteiger partial charge is 0.340 e. The molecule has 1 aliphatic rings. The van der Waals surface area contributed by atoms with Gasteiger partial charge in [-0.1, -0.05) is 0 Å².